The molecule has 9 nitrogen and oxygen atoms in total. The second-order valence-electron chi connectivity index (χ2n) is 5.91. The third kappa shape index (κ3) is 7.16. The van der Waals surface area contributed by atoms with Gasteiger partial charge in [0, 0.05) is 25.7 Å². The Kier molecular flexibility index (Phi) is 9.77. The Morgan fingerprint density at radius 3 is 1.74 bits per heavy atom. The number of hydrogen-bond acceptors (Lipinski definition) is 9. The third-order valence-electron chi connectivity index (χ3n) is 3.91. The fraction of sp³-hybridized carbons (Fsp3) is 0.778. The lowest BCUT2D eigenvalue weighted by molar-refractivity contribution is -0.233. The molecule has 0 bridgehead atoms. The molecule has 4 atom stereocenters. The Morgan fingerprint density at radius 2 is 1.22 bits per heavy atom. The summed E-state index contributed by atoms with van der Waals surface area (Å²) in [6.45, 7) is 6.23. The fourth-order valence-corrected chi connectivity index (χ4v) is 2.36. The molecule has 1 heterocycles. The molecule has 0 aromatic heterocycles. The lowest BCUT2D eigenvalue weighted by atomic mass is 9.99. The summed E-state index contributed by atoms with van der Waals surface area (Å²) in [7, 11) is 0. The first kappa shape index (κ1) is 22.9. The fourth-order valence-electron chi connectivity index (χ4n) is 2.36. The van der Waals surface area contributed by atoms with Crippen molar-refractivity contribution < 1.29 is 42.9 Å². The van der Waals surface area contributed by atoms with E-state index in [1.807, 2.05) is 0 Å². The summed E-state index contributed by atoms with van der Waals surface area (Å²) in [5.74, 6) is -2.03. The highest BCUT2D eigenvalue weighted by molar-refractivity contribution is 5.71. The minimum atomic E-state index is -1.07. The quantitative estimate of drug-likeness (QED) is 0.426. The van der Waals surface area contributed by atoms with Gasteiger partial charge in [-0.25, -0.2) is 0 Å². The molecule has 1 rings (SSSR count). The highest BCUT2D eigenvalue weighted by Crippen LogP contribution is 2.25. The van der Waals surface area contributed by atoms with Gasteiger partial charge in [-0.1, -0.05) is 27.7 Å². The van der Waals surface area contributed by atoms with E-state index in [4.69, 9.17) is 23.7 Å². The van der Waals surface area contributed by atoms with Crippen molar-refractivity contribution in [3.63, 3.8) is 0 Å². The molecule has 0 aromatic carbocycles. The smallest absolute Gasteiger partial charge is 0.306 e. The Bertz CT molecular complexity index is 531. The normalized spacial score (nSPS) is 24.6. The van der Waals surface area contributed by atoms with Crippen LogP contribution in [0.3, 0.4) is 0 Å². The first-order valence-electron chi connectivity index (χ1n) is 9.21. The maximum absolute atomic E-state index is 11.9. The number of carbonyl (C=O) groups excluding carboxylic acids is 4. The summed E-state index contributed by atoms with van der Waals surface area (Å²) in [6.07, 6.45) is -3.41. The largest absolute Gasteiger partial charge is 0.463 e. The van der Waals surface area contributed by atoms with Crippen molar-refractivity contribution in [3.8, 4) is 0 Å². The zero-order valence-corrected chi connectivity index (χ0v) is 16.2. The molecule has 1 fully saturated rings. The van der Waals surface area contributed by atoms with Crippen LogP contribution in [0.4, 0.5) is 0 Å². The molecule has 154 valence electrons. The van der Waals surface area contributed by atoms with E-state index in [2.05, 4.69) is 0 Å². The zero-order valence-electron chi connectivity index (χ0n) is 16.2. The average molecular weight is 388 g/mol. The van der Waals surface area contributed by atoms with E-state index in [9.17, 15) is 19.2 Å². The van der Waals surface area contributed by atoms with Crippen LogP contribution in [0, 0.1) is 0 Å². The van der Waals surface area contributed by atoms with Gasteiger partial charge in [0.05, 0.1) is 6.61 Å². The second kappa shape index (κ2) is 11.5. The molecule has 0 radical (unpaired) electrons. The van der Waals surface area contributed by atoms with Gasteiger partial charge in [0.1, 0.15) is 12.7 Å². The minimum Gasteiger partial charge on any atom is -0.463 e. The van der Waals surface area contributed by atoms with Gasteiger partial charge in [0.25, 0.3) is 0 Å². The van der Waals surface area contributed by atoms with Crippen molar-refractivity contribution in [2.75, 3.05) is 13.2 Å². The number of ether oxygens (including phenoxy) is 5. The average Bonchev–Trinajstić information content (AvgIpc) is 2.68. The molecule has 1 saturated heterocycles. The topological polar surface area (TPSA) is 114 Å². The van der Waals surface area contributed by atoms with E-state index >= 15 is 0 Å². The highest BCUT2D eigenvalue weighted by Gasteiger charge is 2.47. The molecular formula is C18H28O9. The van der Waals surface area contributed by atoms with Gasteiger partial charge in [-0.05, 0) is 0 Å². The van der Waals surface area contributed by atoms with Gasteiger partial charge in [-0.2, -0.15) is 0 Å². The monoisotopic (exact) mass is 388 g/mol. The van der Waals surface area contributed by atoms with Crippen LogP contribution in [-0.4, -0.2) is 61.5 Å². The predicted molar refractivity (Wildman–Crippen MR) is 91.5 cm³/mol. The molecule has 9 heteroatoms. The molecule has 0 aliphatic carbocycles. The van der Waals surface area contributed by atoms with Crippen molar-refractivity contribution in [2.45, 2.75) is 77.8 Å². The van der Waals surface area contributed by atoms with E-state index < -0.39 is 48.3 Å². The van der Waals surface area contributed by atoms with Gasteiger partial charge in [0.2, 0.25) is 0 Å². The maximum Gasteiger partial charge on any atom is 0.306 e. The van der Waals surface area contributed by atoms with E-state index in [0.717, 1.165) is 0 Å². The van der Waals surface area contributed by atoms with Crippen LogP contribution in [0.5, 0.6) is 0 Å². The third-order valence-corrected chi connectivity index (χ3v) is 3.91. The molecule has 0 unspecified atom stereocenters. The summed E-state index contributed by atoms with van der Waals surface area (Å²) in [5, 5.41) is 0. The molecular weight excluding hydrogens is 360 g/mol. The van der Waals surface area contributed by atoms with E-state index in [-0.39, 0.29) is 38.9 Å². The van der Waals surface area contributed by atoms with Gasteiger partial charge >= 0.3 is 23.9 Å². The molecule has 27 heavy (non-hydrogen) atoms. The van der Waals surface area contributed by atoms with Gasteiger partial charge in [-0.3, -0.25) is 19.2 Å². The minimum absolute atomic E-state index is 0.0814. The van der Waals surface area contributed by atoms with Crippen molar-refractivity contribution in [1.29, 1.82) is 0 Å². The number of carbonyl (C=O) groups is 4. The zero-order chi connectivity index (χ0) is 20.4. The Morgan fingerprint density at radius 1 is 0.741 bits per heavy atom. The van der Waals surface area contributed by atoms with Crippen LogP contribution in [0.1, 0.15) is 53.4 Å². The van der Waals surface area contributed by atoms with Crippen LogP contribution in [0.15, 0.2) is 0 Å². The van der Waals surface area contributed by atoms with Crippen LogP contribution < -0.4 is 0 Å². The summed E-state index contributed by atoms with van der Waals surface area (Å²) in [5.41, 5.74) is 0. The second-order valence-corrected chi connectivity index (χ2v) is 5.91. The van der Waals surface area contributed by atoms with E-state index in [0.29, 0.717) is 0 Å². The Balaban J connectivity index is 3.05. The van der Waals surface area contributed by atoms with E-state index in [1.54, 1.807) is 27.7 Å². The van der Waals surface area contributed by atoms with Crippen LogP contribution in [-0.2, 0) is 42.9 Å². The van der Waals surface area contributed by atoms with E-state index in [1.165, 1.54) is 0 Å². The van der Waals surface area contributed by atoms with Gasteiger partial charge in [-0.15, -0.1) is 0 Å². The van der Waals surface area contributed by atoms with Crippen LogP contribution in [0.25, 0.3) is 0 Å². The molecule has 0 aromatic rings. The molecule has 1 aliphatic rings. The summed E-state index contributed by atoms with van der Waals surface area (Å²) < 4.78 is 26.8. The summed E-state index contributed by atoms with van der Waals surface area (Å²) in [6, 6.07) is 0. The molecule has 0 saturated carbocycles. The number of hydrogen-bond donors (Lipinski definition) is 0. The lowest BCUT2D eigenvalue weighted by Gasteiger charge is -2.40. The van der Waals surface area contributed by atoms with Crippen LogP contribution in [0.2, 0.25) is 0 Å². The molecule has 0 N–H and O–H groups in total. The van der Waals surface area contributed by atoms with Crippen molar-refractivity contribution >= 4 is 23.9 Å². The van der Waals surface area contributed by atoms with Gasteiger partial charge in [0.15, 0.2) is 18.3 Å². The standard InChI is InChI=1S/C18H28O9/c1-5-13(19)24-9-11-17(26-15(21)7-3)18(27-16(22)8-4)12(10-23-11)25-14(20)6-2/h11-12,17-18H,5-10H2,1-4H3/t11-,12-,17-,18+/m1/s1. The van der Waals surface area contributed by atoms with Crippen LogP contribution >= 0.6 is 0 Å². The predicted octanol–water partition coefficient (Wildman–Crippen LogP) is 1.30. The highest BCUT2D eigenvalue weighted by atomic mass is 16.7. The first-order valence-corrected chi connectivity index (χ1v) is 9.21. The number of esters is 4. The molecule has 0 amide bonds. The number of rotatable bonds is 9. The molecule has 1 aliphatic heterocycles. The summed E-state index contributed by atoms with van der Waals surface area (Å²) in [4.78, 5) is 46.9. The van der Waals surface area contributed by atoms with Crippen molar-refractivity contribution in [1.82, 2.24) is 0 Å². The first-order chi connectivity index (χ1) is 12.9. The van der Waals surface area contributed by atoms with Crippen molar-refractivity contribution in [3.05, 3.63) is 0 Å². The van der Waals surface area contributed by atoms with Gasteiger partial charge < -0.3 is 23.7 Å². The Labute approximate surface area is 158 Å². The Hall–Kier alpha value is -2.16. The van der Waals surface area contributed by atoms with Crippen molar-refractivity contribution in [2.24, 2.45) is 0 Å². The SMILES string of the molecule is CCC(=O)OC[C@H]1OC[C@@H](OC(=O)CC)[C@H](OC(=O)CC)[C@@H]1OC(=O)CC. The maximum atomic E-state index is 11.9. The molecule has 0 spiro atoms. The lowest BCUT2D eigenvalue weighted by Crippen LogP contribution is -2.58. The summed E-state index contributed by atoms with van der Waals surface area (Å²) >= 11 is 0.